The molecule has 0 bridgehead atoms. The lowest BCUT2D eigenvalue weighted by Crippen LogP contribution is -2.22. The van der Waals surface area contributed by atoms with Crippen molar-refractivity contribution in [2.75, 3.05) is 0 Å². The Labute approximate surface area is 83.0 Å². The number of aryl methyl sites for hydroxylation is 1. The SMILES string of the molecule is [2H][C@]12OC(=O)O[C@H]1CCc1ccccc12. The zero-order chi connectivity index (χ0) is 10.5. The smallest absolute Gasteiger partial charge is 0.427 e. The van der Waals surface area contributed by atoms with Crippen LogP contribution in [0.25, 0.3) is 0 Å². The Morgan fingerprint density at radius 1 is 1.36 bits per heavy atom. The van der Waals surface area contributed by atoms with Gasteiger partial charge >= 0.3 is 6.16 Å². The molecule has 2 atom stereocenters. The van der Waals surface area contributed by atoms with Gasteiger partial charge in [0.15, 0.2) is 6.08 Å². The second-order valence-electron chi connectivity index (χ2n) is 3.52. The zero-order valence-corrected chi connectivity index (χ0v) is 7.53. The third kappa shape index (κ3) is 1.02. The first-order valence-electron chi connectivity index (χ1n) is 5.18. The topological polar surface area (TPSA) is 35.5 Å². The van der Waals surface area contributed by atoms with E-state index in [4.69, 9.17) is 10.8 Å². The van der Waals surface area contributed by atoms with Crippen LogP contribution in [-0.4, -0.2) is 12.3 Å². The Hall–Kier alpha value is -1.51. The van der Waals surface area contributed by atoms with Gasteiger partial charge in [0.05, 0.1) is 1.37 Å². The van der Waals surface area contributed by atoms with Crippen LogP contribution in [0.2, 0.25) is 0 Å². The molecular formula is C11H10O3. The number of benzene rings is 1. The first kappa shape index (κ1) is 6.87. The zero-order valence-electron chi connectivity index (χ0n) is 8.53. The van der Waals surface area contributed by atoms with Crippen molar-refractivity contribution in [1.82, 2.24) is 0 Å². The van der Waals surface area contributed by atoms with E-state index in [9.17, 15) is 4.79 Å². The summed E-state index contributed by atoms with van der Waals surface area (Å²) < 4.78 is 18.1. The third-order valence-electron chi connectivity index (χ3n) is 2.68. The number of rotatable bonds is 0. The van der Waals surface area contributed by atoms with Crippen molar-refractivity contribution >= 4 is 6.16 Å². The van der Waals surface area contributed by atoms with Gasteiger partial charge in [-0.05, 0) is 24.0 Å². The van der Waals surface area contributed by atoms with E-state index >= 15 is 0 Å². The lowest BCUT2D eigenvalue weighted by Gasteiger charge is -2.23. The van der Waals surface area contributed by atoms with E-state index in [2.05, 4.69) is 0 Å². The largest absolute Gasteiger partial charge is 0.509 e. The molecule has 3 nitrogen and oxygen atoms in total. The van der Waals surface area contributed by atoms with Crippen LogP contribution < -0.4 is 0 Å². The quantitative estimate of drug-likeness (QED) is 0.590. The third-order valence-corrected chi connectivity index (χ3v) is 2.68. The van der Waals surface area contributed by atoms with Gasteiger partial charge in [-0.15, -0.1) is 0 Å². The van der Waals surface area contributed by atoms with Crippen molar-refractivity contribution < 1.29 is 15.6 Å². The van der Waals surface area contributed by atoms with Crippen LogP contribution in [0.3, 0.4) is 0 Å². The molecule has 2 aliphatic rings. The summed E-state index contributed by atoms with van der Waals surface area (Å²) in [7, 11) is 0. The molecule has 1 heterocycles. The number of fused-ring (bicyclic) bond motifs is 3. The van der Waals surface area contributed by atoms with Crippen LogP contribution in [-0.2, 0) is 15.9 Å². The molecule has 0 saturated carbocycles. The highest BCUT2D eigenvalue weighted by molar-refractivity contribution is 5.63. The summed E-state index contributed by atoms with van der Waals surface area (Å²) in [5.74, 6) is 0. The molecule has 0 radical (unpaired) electrons. The fourth-order valence-electron chi connectivity index (χ4n) is 2.03. The highest BCUT2D eigenvalue weighted by Crippen LogP contribution is 2.38. The van der Waals surface area contributed by atoms with Gasteiger partial charge in [-0.25, -0.2) is 4.79 Å². The van der Waals surface area contributed by atoms with Crippen LogP contribution in [0, 0.1) is 0 Å². The van der Waals surface area contributed by atoms with Crippen LogP contribution in [0.4, 0.5) is 4.79 Å². The molecule has 1 aromatic carbocycles. The molecule has 0 spiro atoms. The predicted octanol–water partition coefficient (Wildman–Crippen LogP) is 2.21. The Morgan fingerprint density at radius 3 is 3.14 bits per heavy atom. The van der Waals surface area contributed by atoms with E-state index in [0.29, 0.717) is 6.42 Å². The summed E-state index contributed by atoms with van der Waals surface area (Å²) >= 11 is 0. The van der Waals surface area contributed by atoms with E-state index in [-0.39, 0.29) is 0 Å². The number of ether oxygens (including phenoxy) is 2. The van der Waals surface area contributed by atoms with Crippen LogP contribution in [0.5, 0.6) is 0 Å². The van der Waals surface area contributed by atoms with Crippen molar-refractivity contribution in [2.45, 2.75) is 25.0 Å². The Kier molecular flexibility index (Phi) is 1.34. The van der Waals surface area contributed by atoms with E-state index in [1.807, 2.05) is 24.3 Å². The molecule has 1 aliphatic carbocycles. The predicted molar refractivity (Wildman–Crippen MR) is 48.9 cm³/mol. The van der Waals surface area contributed by atoms with Gasteiger partial charge in [-0.2, -0.15) is 0 Å². The first-order chi connectivity index (χ1) is 7.20. The Bertz CT molecular complexity index is 432. The Balaban J connectivity index is 2.15. The van der Waals surface area contributed by atoms with Crippen molar-refractivity contribution in [3.05, 3.63) is 35.4 Å². The molecule has 14 heavy (non-hydrogen) atoms. The summed E-state index contributed by atoms with van der Waals surface area (Å²) in [5, 5.41) is 0. The number of hydrogen-bond acceptors (Lipinski definition) is 3. The molecule has 0 unspecified atom stereocenters. The van der Waals surface area contributed by atoms with E-state index < -0.39 is 18.3 Å². The van der Waals surface area contributed by atoms with Crippen molar-refractivity contribution in [3.8, 4) is 0 Å². The molecule has 1 aromatic rings. The van der Waals surface area contributed by atoms with Crippen molar-refractivity contribution in [3.63, 3.8) is 0 Å². The maximum absolute atomic E-state index is 11.1. The fraction of sp³-hybridized carbons (Fsp3) is 0.364. The molecule has 3 rings (SSSR count). The minimum Gasteiger partial charge on any atom is -0.427 e. The van der Waals surface area contributed by atoms with E-state index in [1.165, 1.54) is 0 Å². The molecule has 72 valence electrons. The maximum Gasteiger partial charge on any atom is 0.509 e. The molecular weight excluding hydrogens is 180 g/mol. The van der Waals surface area contributed by atoms with Crippen molar-refractivity contribution in [1.29, 1.82) is 0 Å². The molecule has 3 heteroatoms. The maximum atomic E-state index is 11.1. The summed E-state index contributed by atoms with van der Waals surface area (Å²) in [6.07, 6.45) is -1.03. The average molecular weight is 191 g/mol. The lowest BCUT2D eigenvalue weighted by molar-refractivity contribution is 0.115. The van der Waals surface area contributed by atoms with Crippen molar-refractivity contribution in [2.24, 2.45) is 0 Å². The fourth-order valence-corrected chi connectivity index (χ4v) is 2.03. The molecule has 0 amide bonds. The van der Waals surface area contributed by atoms with Gasteiger partial charge in [0, 0.05) is 0 Å². The minimum absolute atomic E-state index is 0.458. The summed E-state index contributed by atoms with van der Waals surface area (Å²) in [6.45, 7) is 0. The molecule has 1 saturated heterocycles. The highest BCUT2D eigenvalue weighted by Gasteiger charge is 2.41. The van der Waals surface area contributed by atoms with Gasteiger partial charge in [0.2, 0.25) is 0 Å². The van der Waals surface area contributed by atoms with Gasteiger partial charge < -0.3 is 9.47 Å². The summed E-state index contributed by atoms with van der Waals surface area (Å²) in [4.78, 5) is 11.1. The highest BCUT2D eigenvalue weighted by atomic mass is 16.8. The second-order valence-corrected chi connectivity index (χ2v) is 3.52. The first-order valence-corrected chi connectivity index (χ1v) is 4.68. The minimum atomic E-state index is -1.33. The van der Waals surface area contributed by atoms with Crippen LogP contribution in [0.15, 0.2) is 24.3 Å². The number of hydrogen-bond donors (Lipinski definition) is 0. The average Bonchev–Trinajstić information content (AvgIpc) is 2.53. The second kappa shape index (κ2) is 2.74. The van der Waals surface area contributed by atoms with E-state index in [0.717, 1.165) is 17.5 Å². The number of carbonyl (C=O) groups excluding carboxylic acids is 1. The standard InChI is InChI=1S/C11H10O3/c12-11-13-9-6-5-7-3-1-2-4-8(7)10(9)14-11/h1-4,9-10H,5-6H2/t9-,10+/m0/s1/i10D. The lowest BCUT2D eigenvalue weighted by atomic mass is 9.88. The molecule has 1 aliphatic heterocycles. The summed E-state index contributed by atoms with van der Waals surface area (Å²) in [5.41, 5.74) is 1.83. The number of carbonyl (C=O) groups is 1. The van der Waals surface area contributed by atoms with Gasteiger partial charge in [-0.3, -0.25) is 0 Å². The molecule has 0 N–H and O–H groups in total. The molecule has 1 fully saturated rings. The Morgan fingerprint density at radius 2 is 2.21 bits per heavy atom. The van der Waals surface area contributed by atoms with Gasteiger partial charge in [0.25, 0.3) is 0 Å². The van der Waals surface area contributed by atoms with Gasteiger partial charge in [0.1, 0.15) is 6.10 Å². The van der Waals surface area contributed by atoms with Crippen LogP contribution in [0.1, 0.15) is 25.0 Å². The van der Waals surface area contributed by atoms with E-state index in [1.54, 1.807) is 0 Å². The van der Waals surface area contributed by atoms with Crippen LogP contribution >= 0.6 is 0 Å². The normalized spacial score (nSPS) is 35.0. The molecule has 0 aromatic heterocycles. The van der Waals surface area contributed by atoms with Gasteiger partial charge in [-0.1, -0.05) is 24.3 Å². The monoisotopic (exact) mass is 191 g/mol. The summed E-state index contributed by atoms with van der Waals surface area (Å²) in [6, 6.07) is 7.58.